The van der Waals surface area contributed by atoms with Crippen molar-refractivity contribution in [2.45, 2.75) is 51.3 Å². The summed E-state index contributed by atoms with van der Waals surface area (Å²) in [5.74, 6) is 0. The quantitative estimate of drug-likeness (QED) is 0.726. The second-order valence-corrected chi connectivity index (χ2v) is 6.58. The average Bonchev–Trinajstić information content (AvgIpc) is 3.11. The molecule has 106 valence electrons. The molecule has 1 atom stereocenters. The van der Waals surface area contributed by atoms with E-state index in [-0.39, 0.29) is 0 Å². The molecule has 1 aliphatic heterocycles. The lowest BCUT2D eigenvalue weighted by atomic mass is 10.1. The van der Waals surface area contributed by atoms with Gasteiger partial charge in [0.05, 0.1) is 5.60 Å². The Morgan fingerprint density at radius 2 is 1.83 bits per heavy atom. The molecule has 4 heteroatoms. The summed E-state index contributed by atoms with van der Waals surface area (Å²) >= 11 is 0. The van der Waals surface area contributed by atoms with Gasteiger partial charge in [-0.2, -0.15) is 0 Å². The number of aliphatic hydroxyl groups is 1. The molecule has 2 aliphatic rings. The van der Waals surface area contributed by atoms with Crippen molar-refractivity contribution in [2.75, 3.05) is 39.3 Å². The smallest absolute Gasteiger partial charge is 0.0869 e. The third-order valence-electron chi connectivity index (χ3n) is 3.93. The van der Waals surface area contributed by atoms with E-state index in [0.717, 1.165) is 25.7 Å². The van der Waals surface area contributed by atoms with Gasteiger partial charge in [-0.25, -0.2) is 0 Å². The fourth-order valence-electron chi connectivity index (χ4n) is 2.69. The topological polar surface area (TPSA) is 38.7 Å². The lowest BCUT2D eigenvalue weighted by Crippen LogP contribution is -2.54. The Morgan fingerprint density at radius 1 is 1.22 bits per heavy atom. The van der Waals surface area contributed by atoms with E-state index in [4.69, 9.17) is 0 Å². The maximum atomic E-state index is 10.4. The zero-order valence-electron chi connectivity index (χ0n) is 12.2. The molecule has 0 bridgehead atoms. The first-order valence-corrected chi connectivity index (χ1v) is 7.38. The van der Waals surface area contributed by atoms with E-state index in [1.54, 1.807) is 0 Å². The van der Waals surface area contributed by atoms with Crippen molar-refractivity contribution in [3.63, 3.8) is 0 Å². The first-order chi connectivity index (χ1) is 8.46. The van der Waals surface area contributed by atoms with Crippen LogP contribution in [0, 0.1) is 0 Å². The molecule has 2 rings (SSSR count). The van der Waals surface area contributed by atoms with Gasteiger partial charge in [-0.1, -0.05) is 13.8 Å². The molecule has 0 aromatic carbocycles. The summed E-state index contributed by atoms with van der Waals surface area (Å²) in [7, 11) is 0. The maximum absolute atomic E-state index is 10.4. The highest BCUT2D eigenvalue weighted by atomic mass is 16.3. The SMILES string of the molecule is CC(C)NCC(C)(O)CN1CCN(C2CC2)CC1. The van der Waals surface area contributed by atoms with E-state index >= 15 is 0 Å². The molecule has 18 heavy (non-hydrogen) atoms. The number of piperazine rings is 1. The summed E-state index contributed by atoms with van der Waals surface area (Å²) in [6.45, 7) is 12.2. The van der Waals surface area contributed by atoms with Crippen LogP contribution in [0.3, 0.4) is 0 Å². The Bertz CT molecular complexity index is 256. The third kappa shape index (κ3) is 4.50. The zero-order valence-corrected chi connectivity index (χ0v) is 12.2. The fourth-order valence-corrected chi connectivity index (χ4v) is 2.69. The molecule has 2 fully saturated rings. The van der Waals surface area contributed by atoms with Gasteiger partial charge in [0.15, 0.2) is 0 Å². The second kappa shape index (κ2) is 5.87. The Kier molecular flexibility index (Phi) is 4.64. The molecular formula is C14H29N3O. The lowest BCUT2D eigenvalue weighted by Gasteiger charge is -2.38. The summed E-state index contributed by atoms with van der Waals surface area (Å²) in [6, 6.07) is 1.32. The molecule has 1 heterocycles. The highest BCUT2D eigenvalue weighted by molar-refractivity contribution is 4.89. The molecular weight excluding hydrogens is 226 g/mol. The minimum atomic E-state index is -0.619. The van der Waals surface area contributed by atoms with Crippen LogP contribution in [0.15, 0.2) is 0 Å². The largest absolute Gasteiger partial charge is 0.388 e. The van der Waals surface area contributed by atoms with E-state index in [2.05, 4.69) is 29.0 Å². The van der Waals surface area contributed by atoms with Gasteiger partial charge >= 0.3 is 0 Å². The molecule has 0 amide bonds. The van der Waals surface area contributed by atoms with Crippen molar-refractivity contribution in [3.05, 3.63) is 0 Å². The molecule has 1 saturated heterocycles. The molecule has 0 radical (unpaired) electrons. The van der Waals surface area contributed by atoms with Gasteiger partial charge in [0, 0.05) is 51.4 Å². The number of nitrogens with zero attached hydrogens (tertiary/aromatic N) is 2. The van der Waals surface area contributed by atoms with E-state index in [9.17, 15) is 5.11 Å². The number of hydrogen-bond donors (Lipinski definition) is 2. The van der Waals surface area contributed by atoms with E-state index < -0.39 is 5.60 Å². The zero-order chi connectivity index (χ0) is 13.2. The Hall–Kier alpha value is -0.160. The number of hydrogen-bond acceptors (Lipinski definition) is 4. The first-order valence-electron chi connectivity index (χ1n) is 7.38. The molecule has 1 saturated carbocycles. The van der Waals surface area contributed by atoms with Crippen LogP contribution in [0.2, 0.25) is 0 Å². The predicted octanol–water partition coefficient (Wildman–Crippen LogP) is 0.515. The fraction of sp³-hybridized carbons (Fsp3) is 1.00. The van der Waals surface area contributed by atoms with Crippen LogP contribution in [0.5, 0.6) is 0 Å². The monoisotopic (exact) mass is 255 g/mol. The van der Waals surface area contributed by atoms with Crippen LogP contribution >= 0.6 is 0 Å². The van der Waals surface area contributed by atoms with Crippen molar-refractivity contribution < 1.29 is 5.11 Å². The van der Waals surface area contributed by atoms with Gasteiger partial charge in [-0.3, -0.25) is 9.80 Å². The minimum absolute atomic E-state index is 0.434. The van der Waals surface area contributed by atoms with Gasteiger partial charge in [-0.05, 0) is 19.8 Å². The molecule has 0 spiro atoms. The van der Waals surface area contributed by atoms with E-state index in [0.29, 0.717) is 12.6 Å². The van der Waals surface area contributed by atoms with Crippen LogP contribution < -0.4 is 5.32 Å². The predicted molar refractivity (Wildman–Crippen MR) is 74.8 cm³/mol. The van der Waals surface area contributed by atoms with Crippen molar-refractivity contribution >= 4 is 0 Å². The Labute approximate surface area is 111 Å². The highest BCUT2D eigenvalue weighted by Crippen LogP contribution is 2.27. The van der Waals surface area contributed by atoms with Gasteiger partial charge < -0.3 is 10.4 Å². The van der Waals surface area contributed by atoms with Crippen LogP contribution in [0.25, 0.3) is 0 Å². The normalized spacial score (nSPS) is 26.5. The van der Waals surface area contributed by atoms with Crippen molar-refractivity contribution in [1.29, 1.82) is 0 Å². The van der Waals surface area contributed by atoms with Gasteiger partial charge in [0.1, 0.15) is 0 Å². The van der Waals surface area contributed by atoms with Crippen molar-refractivity contribution in [3.8, 4) is 0 Å². The van der Waals surface area contributed by atoms with E-state index in [1.807, 2.05) is 6.92 Å². The van der Waals surface area contributed by atoms with Crippen molar-refractivity contribution in [2.24, 2.45) is 0 Å². The second-order valence-electron chi connectivity index (χ2n) is 6.58. The number of β-amino-alcohol motifs (C(OH)–C–C–N with tert-alkyl or cyclic N) is 1. The molecule has 1 aliphatic carbocycles. The molecule has 0 aromatic heterocycles. The molecule has 2 N–H and O–H groups in total. The first kappa shape index (κ1) is 14.3. The van der Waals surface area contributed by atoms with Gasteiger partial charge in [-0.15, -0.1) is 0 Å². The van der Waals surface area contributed by atoms with Crippen LogP contribution in [-0.2, 0) is 0 Å². The molecule has 1 unspecified atom stereocenters. The van der Waals surface area contributed by atoms with Crippen LogP contribution in [0.4, 0.5) is 0 Å². The minimum Gasteiger partial charge on any atom is -0.388 e. The average molecular weight is 255 g/mol. The van der Waals surface area contributed by atoms with Crippen LogP contribution in [-0.4, -0.2) is 71.9 Å². The Morgan fingerprint density at radius 3 is 2.33 bits per heavy atom. The summed E-state index contributed by atoms with van der Waals surface area (Å²) < 4.78 is 0. The van der Waals surface area contributed by atoms with Crippen molar-refractivity contribution in [1.82, 2.24) is 15.1 Å². The van der Waals surface area contributed by atoms with Crippen LogP contribution in [0.1, 0.15) is 33.6 Å². The van der Waals surface area contributed by atoms with E-state index in [1.165, 1.54) is 25.9 Å². The molecule has 0 aromatic rings. The summed E-state index contributed by atoms with van der Waals surface area (Å²) in [5.41, 5.74) is -0.619. The van der Waals surface area contributed by atoms with Gasteiger partial charge in [0.25, 0.3) is 0 Å². The third-order valence-corrected chi connectivity index (χ3v) is 3.93. The summed E-state index contributed by atoms with van der Waals surface area (Å²) in [4.78, 5) is 5.01. The maximum Gasteiger partial charge on any atom is 0.0869 e. The highest BCUT2D eigenvalue weighted by Gasteiger charge is 2.32. The standard InChI is InChI=1S/C14H29N3O/c1-12(2)15-10-14(3,18)11-16-6-8-17(9-7-16)13-4-5-13/h12-13,15,18H,4-11H2,1-3H3. The number of rotatable bonds is 6. The summed E-state index contributed by atoms with van der Waals surface area (Å²) in [5, 5.41) is 13.7. The Balaban J connectivity index is 1.69. The van der Waals surface area contributed by atoms with Gasteiger partial charge in [0.2, 0.25) is 0 Å². The number of nitrogens with one attached hydrogen (secondary N) is 1. The molecule has 4 nitrogen and oxygen atoms in total. The summed E-state index contributed by atoms with van der Waals surface area (Å²) in [6.07, 6.45) is 2.80. The lowest BCUT2D eigenvalue weighted by molar-refractivity contribution is 0.00271.